The molecule has 1 fully saturated rings. The van der Waals surface area contributed by atoms with Crippen LogP contribution in [0.4, 0.5) is 0 Å². The largest absolute Gasteiger partial charge is 0.481 e. The van der Waals surface area contributed by atoms with Gasteiger partial charge in [0.15, 0.2) is 5.60 Å². The third-order valence-electron chi connectivity index (χ3n) is 5.02. The van der Waals surface area contributed by atoms with E-state index < -0.39 is 11.9 Å². The molecule has 1 saturated carbocycles. The lowest BCUT2D eigenvalue weighted by molar-refractivity contribution is -0.145. The normalized spacial score (nSPS) is 27.3. The second-order valence-corrected chi connectivity index (χ2v) is 6.45. The quantitative estimate of drug-likeness (QED) is 0.923. The Labute approximate surface area is 134 Å². The Morgan fingerprint density at radius 1 is 1.39 bits per heavy atom. The minimum atomic E-state index is -0.753. The smallest absolute Gasteiger partial charge is 0.307 e. The van der Waals surface area contributed by atoms with Crippen LogP contribution in [0.25, 0.3) is 0 Å². The summed E-state index contributed by atoms with van der Waals surface area (Å²) in [4.78, 5) is 17.1. The van der Waals surface area contributed by atoms with E-state index in [1.807, 2.05) is 12.1 Å². The molecule has 2 aliphatic rings. The predicted molar refractivity (Wildman–Crippen MR) is 81.5 cm³/mol. The number of aliphatic carboxylic acids is 1. The van der Waals surface area contributed by atoms with Crippen LogP contribution in [0.5, 0.6) is 0 Å². The van der Waals surface area contributed by atoms with Gasteiger partial charge in [-0.25, -0.2) is 0 Å². The summed E-state index contributed by atoms with van der Waals surface area (Å²) in [5.41, 5.74) is 1.26. The maximum atomic E-state index is 11.7. The van der Waals surface area contributed by atoms with Crippen LogP contribution in [-0.4, -0.2) is 23.2 Å². The lowest BCUT2D eigenvalue weighted by Crippen LogP contribution is -2.39. The fraction of sp³-hybridized carbons (Fsp3) is 0.529. The monoisotopic (exact) mass is 313 g/mol. The molecule has 6 nitrogen and oxygen atoms in total. The highest BCUT2D eigenvalue weighted by molar-refractivity contribution is 5.70. The summed E-state index contributed by atoms with van der Waals surface area (Å²) in [5, 5.41) is 26.0. The van der Waals surface area contributed by atoms with Crippen LogP contribution in [0.3, 0.4) is 0 Å². The van der Waals surface area contributed by atoms with Crippen LogP contribution < -0.4 is 0 Å². The van der Waals surface area contributed by atoms with E-state index in [2.05, 4.69) is 16.5 Å². The molecule has 1 aromatic carbocycles. The van der Waals surface area contributed by atoms with E-state index in [1.165, 1.54) is 0 Å². The zero-order chi connectivity index (χ0) is 16.3. The summed E-state index contributed by atoms with van der Waals surface area (Å²) in [6, 6.07) is 9.23. The Morgan fingerprint density at radius 2 is 2.09 bits per heavy atom. The summed E-state index contributed by atoms with van der Waals surface area (Å²) in [7, 11) is 0. The SMILES string of the molecule is N#Cc1ccc(CC(C(=O)O)C2CCC3(CC2)CN=NO3)cc1. The molecule has 1 aliphatic heterocycles. The Morgan fingerprint density at radius 3 is 2.61 bits per heavy atom. The highest BCUT2D eigenvalue weighted by Gasteiger charge is 2.43. The minimum Gasteiger partial charge on any atom is -0.481 e. The van der Waals surface area contributed by atoms with Crippen LogP contribution in [-0.2, 0) is 16.1 Å². The maximum Gasteiger partial charge on any atom is 0.307 e. The van der Waals surface area contributed by atoms with Crippen molar-refractivity contribution in [3.8, 4) is 6.07 Å². The number of carbonyl (C=O) groups is 1. The fourth-order valence-corrected chi connectivity index (χ4v) is 3.54. The number of nitrogens with zero attached hydrogens (tertiary/aromatic N) is 3. The second kappa shape index (κ2) is 6.37. The van der Waals surface area contributed by atoms with Crippen molar-refractivity contribution in [1.29, 1.82) is 5.26 Å². The molecule has 1 heterocycles. The lowest BCUT2D eigenvalue weighted by Gasteiger charge is -2.36. The van der Waals surface area contributed by atoms with Crippen molar-refractivity contribution in [2.45, 2.75) is 37.7 Å². The summed E-state index contributed by atoms with van der Waals surface area (Å²) < 4.78 is 0. The van der Waals surface area contributed by atoms with E-state index in [-0.39, 0.29) is 11.5 Å². The van der Waals surface area contributed by atoms with Gasteiger partial charge in [0, 0.05) is 5.28 Å². The molecule has 1 atom stereocenters. The molecule has 1 aliphatic carbocycles. The van der Waals surface area contributed by atoms with E-state index in [1.54, 1.807) is 12.1 Å². The highest BCUT2D eigenvalue weighted by Crippen LogP contribution is 2.41. The average molecular weight is 313 g/mol. The average Bonchev–Trinajstić information content (AvgIpc) is 3.02. The predicted octanol–water partition coefficient (Wildman–Crippen LogP) is 3.13. The number of nitriles is 1. The van der Waals surface area contributed by atoms with Gasteiger partial charge in [-0.2, -0.15) is 5.26 Å². The lowest BCUT2D eigenvalue weighted by atomic mass is 9.72. The molecule has 1 spiro atoms. The van der Waals surface area contributed by atoms with Crippen molar-refractivity contribution >= 4 is 5.97 Å². The van der Waals surface area contributed by atoms with E-state index >= 15 is 0 Å². The van der Waals surface area contributed by atoms with Gasteiger partial charge in [0.25, 0.3) is 0 Å². The summed E-state index contributed by atoms with van der Waals surface area (Å²) >= 11 is 0. The zero-order valence-electron chi connectivity index (χ0n) is 12.8. The highest BCUT2D eigenvalue weighted by atomic mass is 16.7. The van der Waals surface area contributed by atoms with Gasteiger partial charge < -0.3 is 9.94 Å². The molecule has 3 rings (SSSR count). The van der Waals surface area contributed by atoms with Crippen molar-refractivity contribution < 1.29 is 14.7 Å². The molecule has 120 valence electrons. The summed E-state index contributed by atoms with van der Waals surface area (Å²) in [6.07, 6.45) is 3.74. The minimum absolute atomic E-state index is 0.137. The molecule has 0 bridgehead atoms. The number of hydrogen-bond acceptors (Lipinski definition) is 5. The third-order valence-corrected chi connectivity index (χ3v) is 5.02. The number of rotatable bonds is 4. The maximum absolute atomic E-state index is 11.7. The molecule has 0 aromatic heterocycles. The molecule has 1 unspecified atom stereocenters. The van der Waals surface area contributed by atoms with Crippen molar-refractivity contribution in [3.05, 3.63) is 35.4 Å². The van der Waals surface area contributed by atoms with E-state index in [4.69, 9.17) is 10.1 Å². The second-order valence-electron chi connectivity index (χ2n) is 6.45. The van der Waals surface area contributed by atoms with Crippen molar-refractivity contribution in [2.75, 3.05) is 6.54 Å². The van der Waals surface area contributed by atoms with Crippen molar-refractivity contribution in [2.24, 2.45) is 22.2 Å². The molecule has 1 N–H and O–H groups in total. The van der Waals surface area contributed by atoms with Gasteiger partial charge in [-0.05, 0) is 55.7 Å². The van der Waals surface area contributed by atoms with E-state index in [0.29, 0.717) is 18.5 Å². The standard InChI is InChI=1S/C17H19N3O3/c18-10-13-3-1-12(2-4-13)9-15(16(21)22)14-5-7-17(8-6-14)11-19-20-23-17/h1-4,14-15H,5-9,11H2,(H,21,22). The van der Waals surface area contributed by atoms with Gasteiger partial charge in [0.1, 0.15) is 6.54 Å². The molecule has 0 radical (unpaired) electrons. The van der Waals surface area contributed by atoms with Crippen molar-refractivity contribution in [1.82, 2.24) is 0 Å². The number of carboxylic acids is 1. The molecular formula is C17H19N3O3. The van der Waals surface area contributed by atoms with Gasteiger partial charge in [0.05, 0.1) is 17.6 Å². The summed E-state index contributed by atoms with van der Waals surface area (Å²) in [5.74, 6) is -1.02. The first-order chi connectivity index (χ1) is 11.1. The fourth-order valence-electron chi connectivity index (χ4n) is 3.54. The van der Waals surface area contributed by atoms with Gasteiger partial charge in [-0.15, -0.1) is 5.11 Å². The molecule has 6 heteroatoms. The Bertz CT molecular complexity index is 630. The molecule has 0 saturated heterocycles. The Kier molecular flexibility index (Phi) is 4.28. The third kappa shape index (κ3) is 3.34. The van der Waals surface area contributed by atoms with E-state index in [0.717, 1.165) is 31.2 Å². The van der Waals surface area contributed by atoms with Crippen molar-refractivity contribution in [3.63, 3.8) is 0 Å². The number of carboxylic acid groups (broad SMARTS) is 1. The first-order valence-corrected chi connectivity index (χ1v) is 7.89. The van der Waals surface area contributed by atoms with Crippen LogP contribution in [0.2, 0.25) is 0 Å². The molecule has 0 amide bonds. The first-order valence-electron chi connectivity index (χ1n) is 7.89. The summed E-state index contributed by atoms with van der Waals surface area (Å²) in [6.45, 7) is 0.590. The van der Waals surface area contributed by atoms with Crippen LogP contribution in [0, 0.1) is 23.2 Å². The Hall–Kier alpha value is -2.42. The molecule has 23 heavy (non-hydrogen) atoms. The van der Waals surface area contributed by atoms with Gasteiger partial charge in [-0.1, -0.05) is 12.1 Å². The van der Waals surface area contributed by atoms with Crippen LogP contribution in [0.1, 0.15) is 36.8 Å². The van der Waals surface area contributed by atoms with E-state index in [9.17, 15) is 9.90 Å². The van der Waals surface area contributed by atoms with Gasteiger partial charge in [-0.3, -0.25) is 4.79 Å². The van der Waals surface area contributed by atoms with Gasteiger partial charge in [0.2, 0.25) is 0 Å². The van der Waals surface area contributed by atoms with Crippen LogP contribution >= 0.6 is 0 Å². The molecular weight excluding hydrogens is 294 g/mol. The Balaban J connectivity index is 1.65. The topological polar surface area (TPSA) is 95.0 Å². The first kappa shape index (κ1) is 15.5. The van der Waals surface area contributed by atoms with Crippen LogP contribution in [0.15, 0.2) is 34.7 Å². The molecule has 1 aromatic rings. The zero-order valence-corrected chi connectivity index (χ0v) is 12.8. The van der Waals surface area contributed by atoms with Gasteiger partial charge >= 0.3 is 5.97 Å². The number of benzene rings is 1. The number of hydrogen-bond donors (Lipinski definition) is 1.